The van der Waals surface area contributed by atoms with Gasteiger partial charge in [-0.1, -0.05) is 0 Å². The van der Waals surface area contributed by atoms with E-state index < -0.39 is 111 Å². The number of rotatable bonds is 26. The zero-order valence-corrected chi connectivity index (χ0v) is 31.5. The maximum Gasteiger partial charge on any atom is 0.500 e. The molecule has 0 saturated heterocycles. The molecule has 0 unspecified atom stereocenters. The summed E-state index contributed by atoms with van der Waals surface area (Å²) in [6, 6.07) is 1.71. The van der Waals surface area contributed by atoms with Crippen molar-refractivity contribution in [2.24, 2.45) is 0 Å². The van der Waals surface area contributed by atoms with Gasteiger partial charge in [0.25, 0.3) is 5.69 Å². The van der Waals surface area contributed by atoms with Crippen LogP contribution >= 0.6 is 0 Å². The molecule has 0 radical (unpaired) electrons. The van der Waals surface area contributed by atoms with E-state index in [1.54, 1.807) is 20.8 Å². The first kappa shape index (κ1) is 52.6. The molecule has 1 aromatic rings. The SMILES string of the molecule is CCO[Si](CCCCC(=O)OCc1cc(OC)c(OCCCC(F)(F)C(F)(F)C(F)(F)C(F)(F)C(F)(F)C(F)(F)C(F)(F)C(F)(F)F)cc1[N+](=O)[O-])(OCC)OCC. The Kier molecular flexibility index (Phi) is 17.5. The van der Waals surface area contributed by atoms with E-state index in [9.17, 15) is 89.5 Å². The van der Waals surface area contributed by atoms with E-state index in [4.69, 9.17) is 27.5 Å². The molecular weight excluding hydrogens is 869 g/mol. The zero-order valence-electron chi connectivity index (χ0n) is 30.5. The molecule has 0 saturated carbocycles. The lowest BCUT2D eigenvalue weighted by atomic mass is 9.88. The second-order valence-corrected chi connectivity index (χ2v) is 14.6. The highest BCUT2D eigenvalue weighted by Gasteiger charge is 2.95. The van der Waals surface area contributed by atoms with Gasteiger partial charge < -0.3 is 27.5 Å². The van der Waals surface area contributed by atoms with Crippen LogP contribution in [0.15, 0.2) is 12.1 Å². The third-order valence-electron chi connectivity index (χ3n) is 7.84. The normalized spacial score (nSPS) is 14.1. The van der Waals surface area contributed by atoms with E-state index >= 15 is 0 Å². The molecule has 0 spiro atoms. The minimum absolute atomic E-state index is 0.183. The van der Waals surface area contributed by atoms with Crippen LogP contribution in [0.25, 0.3) is 0 Å². The van der Waals surface area contributed by atoms with Crippen LogP contribution in [-0.2, 0) is 29.4 Å². The molecule has 10 nitrogen and oxygen atoms in total. The van der Waals surface area contributed by atoms with Crippen LogP contribution in [0, 0.1) is 10.1 Å². The average Bonchev–Trinajstić information content (AvgIpc) is 3.10. The van der Waals surface area contributed by atoms with Gasteiger partial charge in [-0.25, -0.2) is 0 Å². The monoisotopic (exact) mass is 905 g/mol. The summed E-state index contributed by atoms with van der Waals surface area (Å²) < 4.78 is 262. The predicted octanol–water partition coefficient (Wildman–Crippen LogP) is 10.0. The molecule has 1 rings (SSSR count). The van der Waals surface area contributed by atoms with E-state index in [1.165, 1.54) is 0 Å². The van der Waals surface area contributed by atoms with Crippen LogP contribution < -0.4 is 9.47 Å². The molecule has 0 bridgehead atoms. The van der Waals surface area contributed by atoms with Crippen LogP contribution in [0.3, 0.4) is 0 Å². The Hall–Kier alpha value is -3.40. The summed E-state index contributed by atoms with van der Waals surface area (Å²) in [7, 11) is -2.12. The fourth-order valence-electron chi connectivity index (χ4n) is 4.82. The van der Waals surface area contributed by atoms with Gasteiger partial charge in [0.05, 0.1) is 30.3 Å². The Labute approximate surface area is 318 Å². The molecule has 0 atom stereocenters. The first-order chi connectivity index (χ1) is 26.3. The highest BCUT2D eigenvalue weighted by atomic mass is 28.4. The number of hydrogen-bond acceptors (Lipinski definition) is 9. The van der Waals surface area contributed by atoms with E-state index in [0.717, 1.165) is 13.2 Å². The molecule has 58 heavy (non-hydrogen) atoms. The molecular formula is C30H36F17NO9Si. The fraction of sp³-hybridized carbons (Fsp3) is 0.767. The second-order valence-electron chi connectivity index (χ2n) is 11.8. The largest absolute Gasteiger partial charge is 0.500 e. The average molecular weight is 906 g/mol. The van der Waals surface area contributed by atoms with Gasteiger partial charge in [0, 0.05) is 38.7 Å². The van der Waals surface area contributed by atoms with Gasteiger partial charge in [-0.2, -0.15) is 74.6 Å². The maximum atomic E-state index is 14.3. The number of methoxy groups -OCH3 is 1. The van der Waals surface area contributed by atoms with E-state index in [2.05, 4.69) is 0 Å². The number of nitrogens with zero attached hydrogens (tertiary/aromatic N) is 1. The molecule has 0 aliphatic heterocycles. The quantitative estimate of drug-likeness (QED) is 0.0224. The van der Waals surface area contributed by atoms with E-state index in [-0.39, 0.29) is 18.4 Å². The van der Waals surface area contributed by atoms with Crippen molar-refractivity contribution >= 4 is 20.5 Å². The standard InChI is InChI=1S/C30H36F17NO9Si/c1-5-55-58(56-6-2,57-7-3)14-9-8-11-22(49)54-17-18-15-20(52-4)21(16-19(18)48(50)51)53-13-10-12-23(31,32)24(33,34)25(35,36)26(37,38)27(39,40)28(41,42)29(43,44)30(45,46)47/h15-16H,5-14,17H2,1-4H3. The highest BCUT2D eigenvalue weighted by molar-refractivity contribution is 6.60. The molecule has 0 heterocycles. The zero-order chi connectivity index (χ0) is 45.4. The lowest BCUT2D eigenvalue weighted by Gasteiger charge is -2.42. The van der Waals surface area contributed by atoms with Crippen molar-refractivity contribution in [2.75, 3.05) is 33.5 Å². The van der Waals surface area contributed by atoms with Crippen molar-refractivity contribution in [1.82, 2.24) is 0 Å². The fourth-order valence-corrected chi connectivity index (χ4v) is 7.51. The van der Waals surface area contributed by atoms with Crippen LogP contribution in [0.1, 0.15) is 58.4 Å². The van der Waals surface area contributed by atoms with Gasteiger partial charge in [0.1, 0.15) is 6.61 Å². The topological polar surface area (TPSA) is 116 Å². The summed E-state index contributed by atoms with van der Waals surface area (Å²) in [5.74, 6) is -59.3. The lowest BCUT2D eigenvalue weighted by Crippen LogP contribution is -2.74. The lowest BCUT2D eigenvalue weighted by molar-refractivity contribution is -0.461. The number of carbonyl (C=O) groups excluding carboxylic acids is 1. The Morgan fingerprint density at radius 2 is 1.14 bits per heavy atom. The van der Waals surface area contributed by atoms with Crippen molar-refractivity contribution in [3.63, 3.8) is 0 Å². The van der Waals surface area contributed by atoms with Crippen molar-refractivity contribution in [1.29, 1.82) is 0 Å². The molecule has 1 aromatic carbocycles. The first-order valence-electron chi connectivity index (χ1n) is 16.5. The van der Waals surface area contributed by atoms with Crippen molar-refractivity contribution in [2.45, 2.75) is 113 Å². The molecule has 0 fully saturated rings. The molecule has 338 valence electrons. The number of carbonyl (C=O) groups is 1. The number of benzene rings is 1. The van der Waals surface area contributed by atoms with E-state index in [1.807, 2.05) is 0 Å². The van der Waals surface area contributed by atoms with Crippen LogP contribution in [0.4, 0.5) is 80.3 Å². The third kappa shape index (κ3) is 10.7. The van der Waals surface area contributed by atoms with Crippen LogP contribution in [0.2, 0.25) is 6.04 Å². The molecule has 0 aromatic heterocycles. The second kappa shape index (κ2) is 19.3. The van der Waals surface area contributed by atoms with Gasteiger partial charge in [-0.15, -0.1) is 0 Å². The Morgan fingerprint density at radius 1 is 0.672 bits per heavy atom. The van der Waals surface area contributed by atoms with Gasteiger partial charge in [-0.05, 0) is 46.1 Å². The number of ether oxygens (including phenoxy) is 3. The molecule has 28 heteroatoms. The van der Waals surface area contributed by atoms with Crippen molar-refractivity contribution in [3.05, 3.63) is 27.8 Å². The summed E-state index contributed by atoms with van der Waals surface area (Å²) in [6.07, 6.45) is -11.8. The first-order valence-corrected chi connectivity index (χ1v) is 18.5. The van der Waals surface area contributed by atoms with Crippen LogP contribution in [-0.4, -0.2) is 101 Å². The summed E-state index contributed by atoms with van der Waals surface area (Å²) in [4.78, 5) is 23.0. The van der Waals surface area contributed by atoms with Crippen molar-refractivity contribution < 1.29 is 112 Å². The van der Waals surface area contributed by atoms with Gasteiger partial charge >= 0.3 is 62.4 Å². The smallest absolute Gasteiger partial charge is 0.493 e. The van der Waals surface area contributed by atoms with Crippen molar-refractivity contribution in [3.8, 4) is 11.5 Å². The Bertz CT molecular complexity index is 1510. The Balaban J connectivity index is 3.10. The van der Waals surface area contributed by atoms with Gasteiger partial charge in [0.15, 0.2) is 11.5 Å². The van der Waals surface area contributed by atoms with Gasteiger partial charge in [0.2, 0.25) is 0 Å². The maximum absolute atomic E-state index is 14.3. The minimum Gasteiger partial charge on any atom is -0.493 e. The molecule has 0 N–H and O–H groups in total. The number of alkyl halides is 17. The predicted molar refractivity (Wildman–Crippen MR) is 164 cm³/mol. The summed E-state index contributed by atoms with van der Waals surface area (Å²) in [5.41, 5.74) is -1.25. The molecule has 0 amide bonds. The highest BCUT2D eigenvalue weighted by Crippen LogP contribution is 2.64. The summed E-state index contributed by atoms with van der Waals surface area (Å²) in [6.45, 7) is 3.98. The Morgan fingerprint density at radius 3 is 1.57 bits per heavy atom. The van der Waals surface area contributed by atoms with Crippen LogP contribution in [0.5, 0.6) is 11.5 Å². The van der Waals surface area contributed by atoms with Gasteiger partial charge in [-0.3, -0.25) is 14.9 Å². The number of esters is 1. The number of halogens is 17. The number of hydrogen-bond donors (Lipinski definition) is 0. The summed E-state index contributed by atoms with van der Waals surface area (Å²) in [5, 5.41) is 11.7. The summed E-state index contributed by atoms with van der Waals surface area (Å²) >= 11 is 0. The molecule has 0 aliphatic rings. The number of unbranched alkanes of at least 4 members (excludes halogenated alkanes) is 1. The third-order valence-corrected chi connectivity index (χ3v) is 11.0. The number of nitro benzene ring substituents is 1. The number of nitro groups is 1. The minimum atomic E-state index is -8.74. The van der Waals surface area contributed by atoms with E-state index in [0.29, 0.717) is 38.4 Å². The molecule has 0 aliphatic carbocycles.